The second kappa shape index (κ2) is 9.61. The molecule has 32 heavy (non-hydrogen) atoms. The highest BCUT2D eigenvalue weighted by atomic mass is 35.5. The highest BCUT2D eigenvalue weighted by Crippen LogP contribution is 2.38. The highest BCUT2D eigenvalue weighted by molar-refractivity contribution is 7.80. The summed E-state index contributed by atoms with van der Waals surface area (Å²) in [7, 11) is 0. The van der Waals surface area contributed by atoms with E-state index in [0.29, 0.717) is 32.8 Å². The van der Waals surface area contributed by atoms with Crippen LogP contribution in [-0.4, -0.2) is 26.7 Å². The van der Waals surface area contributed by atoms with Crippen molar-refractivity contribution < 1.29 is 4.52 Å². The molecule has 0 amide bonds. The molecule has 2 heterocycles. The first-order chi connectivity index (χ1) is 15.3. The van der Waals surface area contributed by atoms with Gasteiger partial charge in [0.25, 0.3) is 5.89 Å². The van der Waals surface area contributed by atoms with E-state index < -0.39 is 0 Å². The zero-order valence-electron chi connectivity index (χ0n) is 18.1. The second-order valence-electron chi connectivity index (χ2n) is 8.20. The van der Waals surface area contributed by atoms with Crippen LogP contribution in [0.1, 0.15) is 44.7 Å². The van der Waals surface area contributed by atoms with Crippen LogP contribution in [0.4, 0.5) is 0 Å². The molecule has 2 aromatic carbocycles. The Morgan fingerprint density at radius 3 is 2.56 bits per heavy atom. The maximum Gasteiger partial charge on any atom is 0.258 e. The zero-order chi connectivity index (χ0) is 22.8. The average Bonchev–Trinajstić information content (AvgIpc) is 3.23. The summed E-state index contributed by atoms with van der Waals surface area (Å²) < 4.78 is 5.76. The van der Waals surface area contributed by atoms with E-state index in [1.807, 2.05) is 48.5 Å². The number of halogens is 2. The van der Waals surface area contributed by atoms with Gasteiger partial charge < -0.3 is 14.7 Å². The number of allylic oxidation sites excluding steroid dienone is 1. The molecule has 0 aliphatic carbocycles. The first-order valence-corrected chi connectivity index (χ1v) is 11.6. The lowest BCUT2D eigenvalue weighted by molar-refractivity contribution is 0.390. The fraction of sp³-hybridized carbons (Fsp3) is 0.292. The van der Waals surface area contributed by atoms with Gasteiger partial charge in [-0.1, -0.05) is 66.5 Å². The van der Waals surface area contributed by atoms with Gasteiger partial charge in [0, 0.05) is 27.9 Å². The Morgan fingerprint density at radius 2 is 1.88 bits per heavy atom. The van der Waals surface area contributed by atoms with Crippen molar-refractivity contribution in [3.8, 4) is 11.4 Å². The van der Waals surface area contributed by atoms with E-state index >= 15 is 0 Å². The Labute approximate surface area is 203 Å². The lowest BCUT2D eigenvalue weighted by atomic mass is 9.94. The third-order valence-electron chi connectivity index (χ3n) is 5.47. The van der Waals surface area contributed by atoms with E-state index in [-0.39, 0.29) is 6.04 Å². The van der Waals surface area contributed by atoms with Gasteiger partial charge in [0.15, 0.2) is 5.11 Å². The largest absolute Gasteiger partial charge is 0.351 e. The average molecular weight is 487 g/mol. The summed E-state index contributed by atoms with van der Waals surface area (Å²) in [5.41, 5.74) is 3.70. The lowest BCUT2D eigenvalue weighted by Crippen LogP contribution is -2.46. The van der Waals surface area contributed by atoms with E-state index in [2.05, 4.69) is 36.1 Å². The molecule has 166 valence electrons. The predicted octanol–water partition coefficient (Wildman–Crippen LogP) is 6.75. The number of rotatable bonds is 6. The van der Waals surface area contributed by atoms with E-state index in [1.54, 1.807) is 0 Å². The monoisotopic (exact) mass is 486 g/mol. The van der Waals surface area contributed by atoms with Crippen LogP contribution in [0, 0.1) is 5.92 Å². The van der Waals surface area contributed by atoms with Crippen molar-refractivity contribution in [1.82, 2.24) is 20.4 Å². The highest BCUT2D eigenvalue weighted by Gasteiger charge is 2.34. The van der Waals surface area contributed by atoms with Crippen LogP contribution < -0.4 is 5.32 Å². The fourth-order valence-electron chi connectivity index (χ4n) is 3.70. The molecule has 1 unspecified atom stereocenters. The van der Waals surface area contributed by atoms with E-state index in [1.165, 1.54) is 0 Å². The van der Waals surface area contributed by atoms with Crippen LogP contribution >= 0.6 is 35.4 Å². The van der Waals surface area contributed by atoms with Gasteiger partial charge in [0.2, 0.25) is 5.82 Å². The van der Waals surface area contributed by atoms with Gasteiger partial charge >= 0.3 is 0 Å². The second-order valence-corrected chi connectivity index (χ2v) is 9.46. The standard InChI is InChI=1S/C24H24Cl2N4OS/c1-14(2)11-12-30-15(3)20(21(27-24(30)32)16-7-9-18(25)10-8-16)23-28-22(29-31-23)17-5-4-6-19(26)13-17/h4-10,13-14,21H,11-12H2,1-3H3,(H,27,32). The Balaban J connectivity index is 1.79. The first-order valence-electron chi connectivity index (χ1n) is 10.5. The number of aromatic nitrogens is 2. The molecule has 0 saturated heterocycles. The maximum atomic E-state index is 6.15. The maximum absolute atomic E-state index is 6.15. The minimum absolute atomic E-state index is 0.234. The number of hydrogen-bond donors (Lipinski definition) is 1. The zero-order valence-corrected chi connectivity index (χ0v) is 20.4. The van der Waals surface area contributed by atoms with Crippen molar-refractivity contribution >= 4 is 46.1 Å². The first kappa shape index (κ1) is 22.8. The molecule has 4 rings (SSSR count). The third-order valence-corrected chi connectivity index (χ3v) is 6.29. The van der Waals surface area contributed by atoms with Gasteiger partial charge in [-0.25, -0.2) is 0 Å². The SMILES string of the molecule is CC1=C(c2nc(-c3cccc(Cl)c3)no2)C(c2ccc(Cl)cc2)NC(=S)N1CCC(C)C. The van der Waals surface area contributed by atoms with Crippen molar-refractivity contribution in [3.63, 3.8) is 0 Å². The molecule has 0 fully saturated rings. The topological polar surface area (TPSA) is 54.2 Å². The van der Waals surface area contributed by atoms with Crippen LogP contribution in [0.3, 0.4) is 0 Å². The molecule has 3 aromatic rings. The number of thiocarbonyl (C=S) groups is 1. The summed E-state index contributed by atoms with van der Waals surface area (Å²) in [6, 6.07) is 14.9. The molecule has 1 aliphatic heterocycles. The van der Waals surface area contributed by atoms with E-state index in [0.717, 1.165) is 35.4 Å². The van der Waals surface area contributed by atoms with Crippen molar-refractivity contribution in [3.05, 3.63) is 75.7 Å². The molecule has 0 spiro atoms. The summed E-state index contributed by atoms with van der Waals surface area (Å²) >= 11 is 18.0. The van der Waals surface area contributed by atoms with Crippen LogP contribution in [-0.2, 0) is 0 Å². The third kappa shape index (κ3) is 4.82. The Hall–Kier alpha value is -2.41. The minimum atomic E-state index is -0.234. The van der Waals surface area contributed by atoms with Gasteiger partial charge in [-0.3, -0.25) is 0 Å². The summed E-state index contributed by atoms with van der Waals surface area (Å²) in [5, 5.41) is 9.66. The van der Waals surface area contributed by atoms with Crippen LogP contribution in [0.2, 0.25) is 10.0 Å². The molecule has 0 saturated carbocycles. The minimum Gasteiger partial charge on any atom is -0.351 e. The van der Waals surface area contributed by atoms with E-state index in [4.69, 9.17) is 44.9 Å². The van der Waals surface area contributed by atoms with Gasteiger partial charge in [0.05, 0.1) is 11.6 Å². The molecule has 8 heteroatoms. The normalized spacial score (nSPS) is 16.6. The number of nitrogens with one attached hydrogen (secondary N) is 1. The van der Waals surface area contributed by atoms with Crippen LogP contribution in [0.15, 0.2) is 58.8 Å². The molecular formula is C24H24Cl2N4OS. The van der Waals surface area contributed by atoms with Crippen LogP contribution in [0.25, 0.3) is 17.0 Å². The molecule has 1 N–H and O–H groups in total. The van der Waals surface area contributed by atoms with Crippen molar-refractivity contribution in [1.29, 1.82) is 0 Å². The van der Waals surface area contributed by atoms with Crippen molar-refractivity contribution in [2.24, 2.45) is 5.92 Å². The molecule has 1 atom stereocenters. The molecule has 1 aromatic heterocycles. The molecule has 5 nitrogen and oxygen atoms in total. The smallest absolute Gasteiger partial charge is 0.258 e. The molecule has 0 radical (unpaired) electrons. The summed E-state index contributed by atoms with van der Waals surface area (Å²) in [4.78, 5) is 6.82. The van der Waals surface area contributed by atoms with Gasteiger partial charge in [0.1, 0.15) is 0 Å². The van der Waals surface area contributed by atoms with Crippen molar-refractivity contribution in [2.75, 3.05) is 6.54 Å². The Bertz CT molecular complexity index is 1160. The fourth-order valence-corrected chi connectivity index (χ4v) is 4.36. The Morgan fingerprint density at radius 1 is 1.12 bits per heavy atom. The molecule has 0 bridgehead atoms. The number of benzene rings is 2. The Kier molecular flexibility index (Phi) is 6.84. The lowest BCUT2D eigenvalue weighted by Gasteiger charge is -2.37. The van der Waals surface area contributed by atoms with Gasteiger partial charge in [-0.2, -0.15) is 4.98 Å². The summed E-state index contributed by atoms with van der Waals surface area (Å²) in [6.45, 7) is 7.26. The van der Waals surface area contributed by atoms with Gasteiger partial charge in [-0.15, -0.1) is 0 Å². The molecular weight excluding hydrogens is 463 g/mol. The molecule has 1 aliphatic rings. The van der Waals surface area contributed by atoms with Crippen LogP contribution in [0.5, 0.6) is 0 Å². The summed E-state index contributed by atoms with van der Waals surface area (Å²) in [5.74, 6) is 1.49. The van der Waals surface area contributed by atoms with Gasteiger partial charge in [-0.05, 0) is 61.3 Å². The number of nitrogens with zero attached hydrogens (tertiary/aromatic N) is 3. The quantitative estimate of drug-likeness (QED) is 0.388. The number of hydrogen-bond acceptors (Lipinski definition) is 4. The van der Waals surface area contributed by atoms with Crippen molar-refractivity contribution in [2.45, 2.75) is 33.2 Å². The summed E-state index contributed by atoms with van der Waals surface area (Å²) in [6.07, 6.45) is 1.01. The van der Waals surface area contributed by atoms with E-state index in [9.17, 15) is 0 Å². The predicted molar refractivity (Wildman–Crippen MR) is 133 cm³/mol.